The number of thiazole rings is 1. The molecule has 2 heterocycles. The Kier molecular flexibility index (Phi) is 7.45. The van der Waals surface area contributed by atoms with Gasteiger partial charge in [-0.25, -0.2) is 13.1 Å². The van der Waals surface area contributed by atoms with Gasteiger partial charge in [-0.15, -0.1) is 0 Å². The Balaban J connectivity index is 1.33. The van der Waals surface area contributed by atoms with E-state index in [1.807, 2.05) is 37.3 Å². The Hall–Kier alpha value is -2.65. The van der Waals surface area contributed by atoms with E-state index in [2.05, 4.69) is 28.7 Å². The number of benzene rings is 3. The average Bonchev–Trinajstić information content (AvgIpc) is 3.19. The summed E-state index contributed by atoms with van der Waals surface area (Å²) in [6.07, 6.45) is 2.39. The van der Waals surface area contributed by atoms with E-state index in [0.29, 0.717) is 21.8 Å². The predicted molar refractivity (Wildman–Crippen MR) is 152 cm³/mol. The molecule has 1 aliphatic heterocycles. The van der Waals surface area contributed by atoms with Crippen LogP contribution in [0.15, 0.2) is 76.4 Å². The van der Waals surface area contributed by atoms with Crippen molar-refractivity contribution in [2.24, 2.45) is 5.92 Å². The molecule has 1 unspecified atom stereocenters. The molecule has 1 N–H and O–H groups in total. The number of sulfonamides is 1. The van der Waals surface area contributed by atoms with Crippen LogP contribution in [0.5, 0.6) is 0 Å². The molecule has 0 bridgehead atoms. The van der Waals surface area contributed by atoms with Crippen molar-refractivity contribution in [3.05, 3.63) is 92.5 Å². The molecule has 0 aliphatic carbocycles. The molecule has 194 valence electrons. The van der Waals surface area contributed by atoms with Crippen molar-refractivity contribution in [3.63, 3.8) is 0 Å². The Morgan fingerprint density at radius 2 is 1.76 bits per heavy atom. The van der Waals surface area contributed by atoms with Crippen molar-refractivity contribution < 1.29 is 8.42 Å². The first-order valence-corrected chi connectivity index (χ1v) is 15.1. The van der Waals surface area contributed by atoms with Gasteiger partial charge in [0.25, 0.3) is 0 Å². The van der Waals surface area contributed by atoms with Gasteiger partial charge < -0.3 is 4.90 Å². The molecule has 9 heteroatoms. The van der Waals surface area contributed by atoms with Gasteiger partial charge in [-0.2, -0.15) is 0 Å². The summed E-state index contributed by atoms with van der Waals surface area (Å²) in [7, 11) is -3.79. The highest BCUT2D eigenvalue weighted by atomic mass is 35.5. The van der Waals surface area contributed by atoms with Crippen molar-refractivity contribution in [1.82, 2.24) is 9.29 Å². The molecule has 4 aromatic rings. The number of aromatic nitrogens is 1. The maximum Gasteiger partial charge on any atom is 0.308 e. The van der Waals surface area contributed by atoms with Crippen molar-refractivity contribution in [1.29, 1.82) is 0 Å². The molecule has 0 amide bonds. The van der Waals surface area contributed by atoms with Gasteiger partial charge in [0.2, 0.25) is 10.0 Å². The number of nitrogens with one attached hydrogen (secondary N) is 1. The number of fused-ring (bicyclic) bond motifs is 1. The predicted octanol–water partition coefficient (Wildman–Crippen LogP) is 6.04. The number of piperidine rings is 1. The molecule has 5 rings (SSSR count). The zero-order chi connectivity index (χ0) is 26.2. The van der Waals surface area contributed by atoms with Crippen molar-refractivity contribution >= 4 is 48.9 Å². The highest BCUT2D eigenvalue weighted by molar-refractivity contribution is 7.89. The molecule has 1 aromatic heterocycles. The summed E-state index contributed by atoms with van der Waals surface area (Å²) in [6, 6.07) is 19.9. The second-order valence-electron chi connectivity index (χ2n) is 9.78. The second-order valence-corrected chi connectivity index (χ2v) is 12.9. The minimum Gasteiger partial charge on any atom is -0.372 e. The van der Waals surface area contributed by atoms with Gasteiger partial charge in [0.1, 0.15) is 0 Å². The molecule has 1 fully saturated rings. The molecular weight excluding hydrogens is 526 g/mol. The Morgan fingerprint density at radius 3 is 2.46 bits per heavy atom. The third-order valence-corrected chi connectivity index (χ3v) is 9.96. The zero-order valence-corrected chi connectivity index (χ0v) is 23.2. The van der Waals surface area contributed by atoms with Gasteiger partial charge in [0.15, 0.2) is 0 Å². The van der Waals surface area contributed by atoms with Crippen molar-refractivity contribution in [3.8, 4) is 0 Å². The van der Waals surface area contributed by atoms with Gasteiger partial charge in [0.05, 0.1) is 21.7 Å². The summed E-state index contributed by atoms with van der Waals surface area (Å²) in [5.74, 6) is 0.770. The van der Waals surface area contributed by atoms with Crippen LogP contribution in [0.25, 0.3) is 10.2 Å². The highest BCUT2D eigenvalue weighted by Gasteiger charge is 2.21. The standard InChI is InChI=1S/C28H30ClN3O3S2/c1-19-13-15-31(16-14-19)23-9-7-21(8-10-23)20(2)30-37(34,35)24-11-12-26-27(17-24)36-28(33)32(26)18-22-5-3-4-6-25(22)29/h3-12,17,19-20,30H,13-16,18H2,1-2H3. The minimum atomic E-state index is -3.79. The van der Waals surface area contributed by atoms with Crippen LogP contribution < -0.4 is 14.5 Å². The molecule has 6 nitrogen and oxygen atoms in total. The largest absolute Gasteiger partial charge is 0.372 e. The highest BCUT2D eigenvalue weighted by Crippen LogP contribution is 2.27. The van der Waals surface area contributed by atoms with Crippen LogP contribution in [-0.4, -0.2) is 26.1 Å². The maximum absolute atomic E-state index is 13.2. The summed E-state index contributed by atoms with van der Waals surface area (Å²) in [4.78, 5) is 15.1. The lowest BCUT2D eigenvalue weighted by atomic mass is 9.98. The monoisotopic (exact) mass is 555 g/mol. The van der Waals surface area contributed by atoms with E-state index in [9.17, 15) is 13.2 Å². The molecule has 37 heavy (non-hydrogen) atoms. The van der Waals surface area contributed by atoms with E-state index < -0.39 is 16.1 Å². The molecule has 1 atom stereocenters. The lowest BCUT2D eigenvalue weighted by Crippen LogP contribution is -2.32. The quantitative estimate of drug-likeness (QED) is 0.302. The topological polar surface area (TPSA) is 71.4 Å². The Morgan fingerprint density at radius 1 is 1.05 bits per heavy atom. The van der Waals surface area contributed by atoms with Crippen molar-refractivity contribution in [2.45, 2.75) is 44.2 Å². The molecule has 1 aliphatic rings. The van der Waals surface area contributed by atoms with Crippen LogP contribution in [0.1, 0.15) is 43.9 Å². The molecule has 3 aromatic carbocycles. The number of anilines is 1. The van der Waals surface area contributed by atoms with Crippen LogP contribution in [0.2, 0.25) is 5.02 Å². The zero-order valence-electron chi connectivity index (χ0n) is 20.9. The lowest BCUT2D eigenvalue weighted by molar-refractivity contribution is 0.438. The van der Waals surface area contributed by atoms with E-state index >= 15 is 0 Å². The van der Waals surface area contributed by atoms with Crippen LogP contribution in [0.3, 0.4) is 0 Å². The molecule has 0 saturated carbocycles. The van der Waals surface area contributed by atoms with Crippen LogP contribution in [-0.2, 0) is 16.6 Å². The number of rotatable bonds is 7. The van der Waals surface area contributed by atoms with Gasteiger partial charge in [-0.3, -0.25) is 9.36 Å². The van der Waals surface area contributed by atoms with E-state index in [1.54, 1.807) is 28.8 Å². The fraction of sp³-hybridized carbons (Fsp3) is 0.321. The van der Waals surface area contributed by atoms with Crippen LogP contribution >= 0.6 is 22.9 Å². The average molecular weight is 556 g/mol. The summed E-state index contributed by atoms with van der Waals surface area (Å²) >= 11 is 7.31. The number of hydrogen-bond acceptors (Lipinski definition) is 5. The van der Waals surface area contributed by atoms with Gasteiger partial charge in [-0.05, 0) is 73.2 Å². The summed E-state index contributed by atoms with van der Waals surface area (Å²) in [6.45, 7) is 6.57. The third-order valence-electron chi connectivity index (χ3n) is 7.11. The molecule has 0 spiro atoms. The maximum atomic E-state index is 13.2. The Labute approximate surface area is 226 Å². The SMILES string of the molecule is CC1CCN(c2ccc(C(C)NS(=O)(=O)c3ccc4c(c3)sc(=O)n4Cc3ccccc3Cl)cc2)CC1. The summed E-state index contributed by atoms with van der Waals surface area (Å²) < 4.78 is 31.5. The number of halogens is 1. The normalized spacial score (nSPS) is 15.8. The first kappa shape index (κ1) is 26.0. The minimum absolute atomic E-state index is 0.136. The summed E-state index contributed by atoms with van der Waals surface area (Å²) in [5.41, 5.74) is 3.59. The van der Waals surface area contributed by atoms with Gasteiger partial charge in [0, 0.05) is 29.8 Å². The van der Waals surface area contributed by atoms with E-state index in [-0.39, 0.29) is 9.77 Å². The van der Waals surface area contributed by atoms with Gasteiger partial charge in [-0.1, -0.05) is 60.2 Å². The van der Waals surface area contributed by atoms with Crippen LogP contribution in [0, 0.1) is 5.92 Å². The molecular formula is C28H30ClN3O3S2. The smallest absolute Gasteiger partial charge is 0.308 e. The first-order chi connectivity index (χ1) is 17.7. The van der Waals surface area contributed by atoms with E-state index in [1.165, 1.54) is 18.5 Å². The fourth-order valence-corrected chi connectivity index (χ4v) is 7.23. The van der Waals surface area contributed by atoms with E-state index in [0.717, 1.165) is 41.5 Å². The third kappa shape index (κ3) is 5.62. The number of nitrogens with zero attached hydrogens (tertiary/aromatic N) is 2. The van der Waals surface area contributed by atoms with E-state index in [4.69, 9.17) is 11.6 Å². The second kappa shape index (κ2) is 10.6. The number of hydrogen-bond donors (Lipinski definition) is 1. The Bertz CT molecular complexity index is 1570. The van der Waals surface area contributed by atoms with Crippen molar-refractivity contribution in [2.75, 3.05) is 18.0 Å². The van der Waals surface area contributed by atoms with Gasteiger partial charge >= 0.3 is 4.87 Å². The molecule has 0 radical (unpaired) electrons. The molecule has 1 saturated heterocycles. The lowest BCUT2D eigenvalue weighted by Gasteiger charge is -2.32. The first-order valence-electron chi connectivity index (χ1n) is 12.5. The fourth-order valence-electron chi connectivity index (χ4n) is 4.77. The summed E-state index contributed by atoms with van der Waals surface area (Å²) in [5, 5.41) is 0.588. The van der Waals surface area contributed by atoms with Crippen LogP contribution in [0.4, 0.5) is 5.69 Å².